The Kier molecular flexibility index (Phi) is 5.37. The molecule has 128 valence electrons. The van der Waals surface area contributed by atoms with Crippen LogP contribution in [0.25, 0.3) is 0 Å². The number of nitrogens with one attached hydrogen (secondary N) is 1. The van der Waals surface area contributed by atoms with E-state index >= 15 is 0 Å². The third-order valence-corrected chi connectivity index (χ3v) is 5.73. The van der Waals surface area contributed by atoms with Gasteiger partial charge in [-0.25, -0.2) is 0 Å². The second-order valence-corrected chi connectivity index (χ2v) is 7.64. The first-order chi connectivity index (χ1) is 11.5. The highest BCUT2D eigenvalue weighted by Crippen LogP contribution is 2.30. The topological polar surface area (TPSA) is 66.5 Å². The second kappa shape index (κ2) is 7.33. The summed E-state index contributed by atoms with van der Waals surface area (Å²) >= 11 is 13.0. The van der Waals surface area contributed by atoms with Crippen molar-refractivity contribution in [3.63, 3.8) is 0 Å². The van der Waals surface area contributed by atoms with Gasteiger partial charge in [-0.3, -0.25) is 19.3 Å². The Bertz CT molecular complexity index is 682. The van der Waals surface area contributed by atoms with Gasteiger partial charge in [-0.1, -0.05) is 47.8 Å². The van der Waals surface area contributed by atoms with Crippen LogP contribution in [0.15, 0.2) is 18.2 Å². The molecule has 0 unspecified atom stereocenters. The summed E-state index contributed by atoms with van der Waals surface area (Å²) in [7, 11) is 0. The van der Waals surface area contributed by atoms with Crippen molar-refractivity contribution in [3.05, 3.63) is 33.8 Å². The van der Waals surface area contributed by atoms with E-state index in [9.17, 15) is 14.4 Å². The fourth-order valence-electron chi connectivity index (χ4n) is 3.19. The first-order valence-corrected chi connectivity index (χ1v) is 9.46. The summed E-state index contributed by atoms with van der Waals surface area (Å²) in [5, 5.41) is 3.44. The van der Waals surface area contributed by atoms with E-state index in [2.05, 4.69) is 5.32 Å². The van der Waals surface area contributed by atoms with Gasteiger partial charge in [-0.15, -0.1) is 0 Å². The Hall–Kier alpha value is -1.24. The first kappa shape index (κ1) is 17.6. The van der Waals surface area contributed by atoms with Gasteiger partial charge in [0, 0.05) is 5.02 Å². The lowest BCUT2D eigenvalue weighted by Gasteiger charge is -2.36. The number of hydrogen-bond donors (Lipinski definition) is 1. The highest BCUT2D eigenvalue weighted by Gasteiger charge is 2.41. The van der Waals surface area contributed by atoms with Crippen LogP contribution in [-0.2, 0) is 4.79 Å². The molecule has 1 aromatic rings. The molecule has 0 aromatic heterocycles. The lowest BCUT2D eigenvalue weighted by Crippen LogP contribution is -2.54. The molecule has 1 aliphatic carbocycles. The Balaban J connectivity index is 1.79. The number of benzene rings is 1. The smallest absolute Gasteiger partial charge is 0.289 e. The van der Waals surface area contributed by atoms with Crippen molar-refractivity contribution in [2.45, 2.75) is 37.8 Å². The molecule has 1 aromatic carbocycles. The molecule has 8 heteroatoms. The zero-order chi connectivity index (χ0) is 17.3. The van der Waals surface area contributed by atoms with Crippen molar-refractivity contribution < 1.29 is 14.4 Å². The van der Waals surface area contributed by atoms with Gasteiger partial charge in [0.05, 0.1) is 28.4 Å². The Morgan fingerprint density at radius 1 is 1.21 bits per heavy atom. The number of imide groups is 1. The maximum atomic E-state index is 12.6. The molecule has 1 heterocycles. The maximum absolute atomic E-state index is 12.6. The molecule has 2 atom stereocenters. The van der Waals surface area contributed by atoms with Crippen molar-refractivity contribution in [3.8, 4) is 0 Å². The summed E-state index contributed by atoms with van der Waals surface area (Å²) < 4.78 is 0. The lowest BCUT2D eigenvalue weighted by molar-refractivity contribution is -0.127. The molecule has 0 spiro atoms. The van der Waals surface area contributed by atoms with E-state index in [1.807, 2.05) is 0 Å². The molecule has 0 bridgehead atoms. The van der Waals surface area contributed by atoms with Crippen LogP contribution in [0.2, 0.25) is 10.0 Å². The van der Waals surface area contributed by atoms with Crippen LogP contribution in [0.4, 0.5) is 4.79 Å². The van der Waals surface area contributed by atoms with Gasteiger partial charge < -0.3 is 5.32 Å². The average Bonchev–Trinajstić information content (AvgIpc) is 2.89. The number of rotatable bonds is 3. The zero-order valence-electron chi connectivity index (χ0n) is 12.8. The van der Waals surface area contributed by atoms with Crippen molar-refractivity contribution in [2.75, 3.05) is 5.75 Å². The van der Waals surface area contributed by atoms with Crippen LogP contribution in [0.1, 0.15) is 36.0 Å². The molecule has 1 aliphatic heterocycles. The summed E-state index contributed by atoms with van der Waals surface area (Å²) in [6.45, 7) is 0. The zero-order valence-corrected chi connectivity index (χ0v) is 15.1. The molecule has 0 radical (unpaired) electrons. The number of thioether (sulfide) groups is 1. The average molecular weight is 387 g/mol. The van der Waals surface area contributed by atoms with Crippen LogP contribution in [0.5, 0.6) is 0 Å². The third kappa shape index (κ3) is 3.55. The number of amides is 3. The second-order valence-electron chi connectivity index (χ2n) is 5.87. The molecule has 1 saturated heterocycles. The lowest BCUT2D eigenvalue weighted by atomic mass is 9.89. The Labute approximate surface area is 154 Å². The van der Waals surface area contributed by atoms with E-state index < -0.39 is 0 Å². The van der Waals surface area contributed by atoms with Crippen molar-refractivity contribution in [1.29, 1.82) is 0 Å². The molecule has 2 fully saturated rings. The minimum Gasteiger partial charge on any atom is -0.347 e. The van der Waals surface area contributed by atoms with Gasteiger partial charge in [-0.05, 0) is 31.0 Å². The molecule has 1 N–H and O–H groups in total. The number of carbonyl (C=O) groups excluding carboxylic acids is 3. The fraction of sp³-hybridized carbons (Fsp3) is 0.438. The molecule has 5 nitrogen and oxygen atoms in total. The van der Waals surface area contributed by atoms with Gasteiger partial charge in [0.2, 0.25) is 5.91 Å². The van der Waals surface area contributed by atoms with Gasteiger partial charge in [0.1, 0.15) is 0 Å². The number of nitrogens with zero attached hydrogens (tertiary/aromatic N) is 1. The van der Waals surface area contributed by atoms with Gasteiger partial charge in [0.15, 0.2) is 0 Å². The molecule has 1 saturated carbocycles. The first-order valence-electron chi connectivity index (χ1n) is 7.72. The molecule has 24 heavy (non-hydrogen) atoms. The third-order valence-electron chi connectivity index (χ3n) is 4.34. The number of halogens is 2. The van der Waals surface area contributed by atoms with E-state index in [4.69, 9.17) is 23.2 Å². The Morgan fingerprint density at radius 3 is 2.67 bits per heavy atom. The van der Waals surface area contributed by atoms with Crippen LogP contribution >= 0.6 is 35.0 Å². The van der Waals surface area contributed by atoms with Crippen LogP contribution < -0.4 is 5.32 Å². The number of carbonyl (C=O) groups is 3. The monoisotopic (exact) mass is 386 g/mol. The molecular weight excluding hydrogens is 371 g/mol. The fourth-order valence-corrected chi connectivity index (χ4v) is 4.33. The molecule has 2 aliphatic rings. The highest BCUT2D eigenvalue weighted by atomic mass is 35.5. The molecular formula is C16H16Cl2N2O3S. The summed E-state index contributed by atoms with van der Waals surface area (Å²) in [5.41, 5.74) is 0.293. The van der Waals surface area contributed by atoms with Crippen molar-refractivity contribution >= 4 is 52.0 Å². The van der Waals surface area contributed by atoms with Crippen LogP contribution in [0.3, 0.4) is 0 Å². The van der Waals surface area contributed by atoms with E-state index in [0.717, 1.165) is 31.0 Å². The molecule has 3 rings (SSSR count). The SMILES string of the molecule is O=C(N[C@@H]1CCCC[C@H]1N1C(=O)CSC1=O)c1cc(Cl)ccc1Cl. The van der Waals surface area contributed by atoms with E-state index in [-0.39, 0.29) is 34.9 Å². The van der Waals surface area contributed by atoms with E-state index in [1.165, 1.54) is 11.0 Å². The van der Waals surface area contributed by atoms with Gasteiger partial charge >= 0.3 is 0 Å². The summed E-state index contributed by atoms with van der Waals surface area (Å²) in [6, 6.07) is 4.13. The van der Waals surface area contributed by atoms with Crippen molar-refractivity contribution in [2.24, 2.45) is 0 Å². The standard InChI is InChI=1S/C16H16Cl2N2O3S/c17-9-5-6-11(18)10(7-9)15(22)19-12-3-1-2-4-13(12)20-14(21)8-24-16(20)23/h5-7,12-13H,1-4,8H2,(H,19,22)/t12-,13-/m1/s1. The Morgan fingerprint density at radius 2 is 1.96 bits per heavy atom. The van der Waals surface area contributed by atoms with Gasteiger partial charge in [-0.2, -0.15) is 0 Å². The van der Waals surface area contributed by atoms with Crippen LogP contribution in [0, 0.1) is 0 Å². The summed E-state index contributed by atoms with van der Waals surface area (Å²) in [4.78, 5) is 37.9. The number of hydrogen-bond acceptors (Lipinski definition) is 4. The minimum atomic E-state index is -0.342. The summed E-state index contributed by atoms with van der Waals surface area (Å²) in [5.74, 6) is -0.348. The highest BCUT2D eigenvalue weighted by molar-refractivity contribution is 8.14. The largest absolute Gasteiger partial charge is 0.347 e. The van der Waals surface area contributed by atoms with Gasteiger partial charge in [0.25, 0.3) is 11.1 Å². The predicted molar refractivity (Wildman–Crippen MR) is 94.7 cm³/mol. The minimum absolute atomic E-state index is 0.177. The van der Waals surface area contributed by atoms with Crippen LogP contribution in [-0.4, -0.2) is 39.8 Å². The quantitative estimate of drug-likeness (QED) is 0.858. The normalized spacial score (nSPS) is 24.3. The van der Waals surface area contributed by atoms with E-state index in [0.29, 0.717) is 22.0 Å². The van der Waals surface area contributed by atoms with Crippen molar-refractivity contribution in [1.82, 2.24) is 10.2 Å². The maximum Gasteiger partial charge on any atom is 0.289 e. The molecule has 3 amide bonds. The summed E-state index contributed by atoms with van der Waals surface area (Å²) in [6.07, 6.45) is 3.29. The van der Waals surface area contributed by atoms with E-state index in [1.54, 1.807) is 12.1 Å². The predicted octanol–water partition coefficient (Wildman–Crippen LogP) is 3.73.